The molecular weight excluding hydrogens is 297 g/mol. The van der Waals surface area contributed by atoms with Crippen molar-refractivity contribution in [2.45, 2.75) is 39.9 Å². The third-order valence-electron chi connectivity index (χ3n) is 4.10. The van der Waals surface area contributed by atoms with Gasteiger partial charge in [0.25, 0.3) is 0 Å². The minimum Gasteiger partial charge on any atom is -0.494 e. The van der Waals surface area contributed by atoms with E-state index in [-0.39, 0.29) is 24.2 Å². The Morgan fingerprint density at radius 3 is 2.74 bits per heavy atom. The summed E-state index contributed by atoms with van der Waals surface area (Å²) >= 11 is 0. The Morgan fingerprint density at radius 1 is 1.39 bits per heavy atom. The normalized spacial score (nSPS) is 12.4. The van der Waals surface area contributed by atoms with Crippen LogP contribution in [0.15, 0.2) is 18.2 Å². The summed E-state index contributed by atoms with van der Waals surface area (Å²) in [5, 5.41) is 16.9. The molecule has 126 valence electrons. The van der Waals surface area contributed by atoms with Crippen molar-refractivity contribution < 1.29 is 14.2 Å². The molecule has 0 spiro atoms. The van der Waals surface area contributed by atoms with E-state index in [0.717, 1.165) is 22.5 Å². The molecule has 0 bridgehead atoms. The van der Waals surface area contributed by atoms with Crippen LogP contribution in [0.2, 0.25) is 0 Å². The lowest BCUT2D eigenvalue weighted by molar-refractivity contribution is 0.267. The first-order chi connectivity index (χ1) is 11.0. The maximum Gasteiger partial charge on any atom is 0.165 e. The molecule has 2 N–H and O–H groups in total. The number of aliphatic hydroxyl groups is 1. The second-order valence-corrected chi connectivity index (χ2v) is 5.59. The number of methoxy groups -OCH3 is 1. The van der Waals surface area contributed by atoms with Crippen LogP contribution in [-0.2, 0) is 13.1 Å². The van der Waals surface area contributed by atoms with E-state index in [9.17, 15) is 4.39 Å². The van der Waals surface area contributed by atoms with Gasteiger partial charge in [0.2, 0.25) is 0 Å². The molecule has 0 saturated heterocycles. The lowest BCUT2D eigenvalue weighted by Gasteiger charge is -2.15. The van der Waals surface area contributed by atoms with Crippen LogP contribution in [0.4, 0.5) is 4.39 Å². The molecule has 1 aromatic carbocycles. The number of aliphatic hydroxyl groups excluding tert-OH is 1. The van der Waals surface area contributed by atoms with Gasteiger partial charge in [0.15, 0.2) is 11.6 Å². The average Bonchev–Trinajstić information content (AvgIpc) is 2.79. The zero-order valence-corrected chi connectivity index (χ0v) is 14.1. The number of hydrogen-bond donors (Lipinski definition) is 2. The Balaban J connectivity index is 2.07. The third kappa shape index (κ3) is 3.89. The van der Waals surface area contributed by atoms with Gasteiger partial charge in [-0.25, -0.2) is 4.39 Å². The van der Waals surface area contributed by atoms with Gasteiger partial charge in [-0.05, 0) is 38.5 Å². The van der Waals surface area contributed by atoms with Gasteiger partial charge >= 0.3 is 0 Å². The lowest BCUT2D eigenvalue weighted by Crippen LogP contribution is -2.19. The van der Waals surface area contributed by atoms with Crippen molar-refractivity contribution in [2.75, 3.05) is 13.7 Å². The van der Waals surface area contributed by atoms with E-state index >= 15 is 0 Å². The van der Waals surface area contributed by atoms with Crippen LogP contribution in [0.5, 0.6) is 5.75 Å². The summed E-state index contributed by atoms with van der Waals surface area (Å²) in [5.41, 5.74) is 3.95. The second kappa shape index (κ2) is 7.57. The first kappa shape index (κ1) is 17.4. The topological polar surface area (TPSA) is 59.3 Å². The number of aromatic nitrogens is 2. The quantitative estimate of drug-likeness (QED) is 0.822. The Bertz CT molecular complexity index is 670. The van der Waals surface area contributed by atoms with Gasteiger partial charge in [0.05, 0.1) is 26.0 Å². The summed E-state index contributed by atoms with van der Waals surface area (Å²) in [7, 11) is 1.45. The van der Waals surface area contributed by atoms with Gasteiger partial charge in [0.1, 0.15) is 0 Å². The van der Waals surface area contributed by atoms with E-state index in [4.69, 9.17) is 9.84 Å². The van der Waals surface area contributed by atoms with Crippen LogP contribution in [0.25, 0.3) is 0 Å². The van der Waals surface area contributed by atoms with Gasteiger partial charge in [-0.3, -0.25) is 4.68 Å². The van der Waals surface area contributed by atoms with E-state index in [0.29, 0.717) is 13.1 Å². The van der Waals surface area contributed by atoms with Crippen molar-refractivity contribution in [3.05, 3.63) is 46.5 Å². The molecule has 2 aromatic rings. The van der Waals surface area contributed by atoms with Gasteiger partial charge in [-0.2, -0.15) is 5.10 Å². The van der Waals surface area contributed by atoms with Crippen molar-refractivity contribution in [1.29, 1.82) is 0 Å². The van der Waals surface area contributed by atoms with Crippen molar-refractivity contribution in [1.82, 2.24) is 15.1 Å². The van der Waals surface area contributed by atoms with Gasteiger partial charge in [-0.1, -0.05) is 6.07 Å². The van der Waals surface area contributed by atoms with Crippen LogP contribution in [-0.4, -0.2) is 28.6 Å². The van der Waals surface area contributed by atoms with Gasteiger partial charge in [-0.15, -0.1) is 0 Å². The molecule has 1 atom stereocenters. The predicted molar refractivity (Wildman–Crippen MR) is 87.0 cm³/mol. The van der Waals surface area contributed by atoms with Crippen LogP contribution >= 0.6 is 0 Å². The summed E-state index contributed by atoms with van der Waals surface area (Å²) in [6.07, 6.45) is 0. The Labute approximate surface area is 136 Å². The molecule has 0 aliphatic heterocycles. The number of nitrogens with zero attached hydrogens (tertiary/aromatic N) is 2. The second-order valence-electron chi connectivity index (χ2n) is 5.59. The van der Waals surface area contributed by atoms with Crippen molar-refractivity contribution in [3.8, 4) is 5.75 Å². The molecule has 0 radical (unpaired) electrons. The monoisotopic (exact) mass is 321 g/mol. The summed E-state index contributed by atoms with van der Waals surface area (Å²) in [6, 6.07) is 4.98. The van der Waals surface area contributed by atoms with E-state index < -0.39 is 0 Å². The molecule has 1 heterocycles. The number of nitrogens with one attached hydrogen (secondary N) is 1. The Morgan fingerprint density at radius 2 is 2.13 bits per heavy atom. The fourth-order valence-corrected chi connectivity index (χ4v) is 2.63. The van der Waals surface area contributed by atoms with Crippen LogP contribution < -0.4 is 10.1 Å². The minimum atomic E-state index is -0.359. The summed E-state index contributed by atoms with van der Waals surface area (Å²) in [6.45, 7) is 7.13. The fraction of sp³-hybridized carbons (Fsp3) is 0.471. The smallest absolute Gasteiger partial charge is 0.165 e. The highest BCUT2D eigenvalue weighted by molar-refractivity contribution is 5.31. The molecule has 0 saturated carbocycles. The first-order valence-corrected chi connectivity index (χ1v) is 7.68. The number of ether oxygens (including phenoxy) is 1. The van der Waals surface area contributed by atoms with Crippen molar-refractivity contribution in [3.63, 3.8) is 0 Å². The summed E-state index contributed by atoms with van der Waals surface area (Å²) < 4.78 is 20.5. The van der Waals surface area contributed by atoms with Crippen molar-refractivity contribution >= 4 is 0 Å². The van der Waals surface area contributed by atoms with Gasteiger partial charge < -0.3 is 15.2 Å². The highest BCUT2D eigenvalue weighted by Gasteiger charge is 2.14. The largest absolute Gasteiger partial charge is 0.494 e. The molecule has 0 fully saturated rings. The molecule has 2 rings (SSSR count). The number of hydrogen-bond acceptors (Lipinski definition) is 4. The molecular formula is C17H24FN3O2. The average molecular weight is 321 g/mol. The minimum absolute atomic E-state index is 0.00426. The molecule has 0 unspecified atom stereocenters. The zero-order chi connectivity index (χ0) is 17.0. The number of rotatable bonds is 7. The SMILES string of the molecule is COc1ccc([C@@H](C)NCc2c(C)nn(CCO)c2C)cc1F. The molecule has 5 nitrogen and oxygen atoms in total. The number of benzene rings is 1. The van der Waals surface area contributed by atoms with E-state index in [1.165, 1.54) is 13.2 Å². The molecule has 1 aromatic heterocycles. The van der Waals surface area contributed by atoms with E-state index in [2.05, 4.69) is 10.4 Å². The van der Waals surface area contributed by atoms with Gasteiger partial charge in [0, 0.05) is 23.8 Å². The molecule has 0 aliphatic carbocycles. The fourth-order valence-electron chi connectivity index (χ4n) is 2.63. The molecule has 0 amide bonds. The maximum absolute atomic E-state index is 13.8. The third-order valence-corrected chi connectivity index (χ3v) is 4.10. The molecule has 0 aliphatic rings. The number of halogens is 1. The lowest BCUT2D eigenvalue weighted by atomic mass is 10.1. The maximum atomic E-state index is 13.8. The molecule has 6 heteroatoms. The Kier molecular flexibility index (Phi) is 5.74. The highest BCUT2D eigenvalue weighted by atomic mass is 19.1. The van der Waals surface area contributed by atoms with E-state index in [1.807, 2.05) is 31.5 Å². The molecule has 23 heavy (non-hydrogen) atoms. The Hall–Kier alpha value is -1.92. The highest BCUT2D eigenvalue weighted by Crippen LogP contribution is 2.22. The van der Waals surface area contributed by atoms with Crippen LogP contribution in [0, 0.1) is 19.7 Å². The summed E-state index contributed by atoms with van der Waals surface area (Å²) in [5.74, 6) is -0.111. The van der Waals surface area contributed by atoms with Crippen LogP contribution in [0.1, 0.15) is 35.5 Å². The van der Waals surface area contributed by atoms with E-state index in [1.54, 1.807) is 6.07 Å². The van der Waals surface area contributed by atoms with Crippen LogP contribution in [0.3, 0.4) is 0 Å². The predicted octanol–water partition coefficient (Wildman–Crippen LogP) is 2.49. The number of aryl methyl sites for hydroxylation is 1. The standard InChI is InChI=1S/C17H24FN3O2/c1-11(14-5-6-17(23-4)16(18)9-14)19-10-15-12(2)20-21(7-8-22)13(15)3/h5-6,9,11,19,22H,7-8,10H2,1-4H3/t11-/m1/s1. The van der Waals surface area contributed by atoms with Crippen molar-refractivity contribution in [2.24, 2.45) is 0 Å². The zero-order valence-electron chi connectivity index (χ0n) is 14.1. The summed E-state index contributed by atoms with van der Waals surface area (Å²) in [4.78, 5) is 0. The first-order valence-electron chi connectivity index (χ1n) is 7.68.